The predicted molar refractivity (Wildman–Crippen MR) is 112 cm³/mol. The van der Waals surface area contributed by atoms with E-state index in [1.165, 1.54) is 18.5 Å². The van der Waals surface area contributed by atoms with Gasteiger partial charge in [0.1, 0.15) is 18.1 Å². The molecule has 31 heavy (non-hydrogen) atoms. The molecule has 0 saturated heterocycles. The van der Waals surface area contributed by atoms with Crippen molar-refractivity contribution >= 4 is 17.5 Å². The zero-order valence-electron chi connectivity index (χ0n) is 17.2. The summed E-state index contributed by atoms with van der Waals surface area (Å²) in [5.41, 5.74) is 4.50. The largest absolute Gasteiger partial charge is 0.435 e. The summed E-state index contributed by atoms with van der Waals surface area (Å²) < 4.78 is 31.0. The fourth-order valence-corrected chi connectivity index (χ4v) is 3.67. The number of halogens is 2. The lowest BCUT2D eigenvalue weighted by atomic mass is 9.94. The fourth-order valence-electron chi connectivity index (χ4n) is 3.67. The van der Waals surface area contributed by atoms with Gasteiger partial charge < -0.3 is 15.4 Å². The highest BCUT2D eigenvalue weighted by Gasteiger charge is 2.33. The van der Waals surface area contributed by atoms with E-state index in [9.17, 15) is 13.6 Å². The summed E-state index contributed by atoms with van der Waals surface area (Å²) in [6, 6.07) is 11.3. The number of hydrogen-bond acceptors (Lipinski definition) is 5. The molecule has 1 aliphatic rings. The summed E-state index contributed by atoms with van der Waals surface area (Å²) >= 11 is 0. The third-order valence-electron chi connectivity index (χ3n) is 5.09. The molecular formula is C22H21F2N5O2. The predicted octanol–water partition coefficient (Wildman–Crippen LogP) is 4.42. The number of alkyl halides is 2. The normalized spacial score (nSPS) is 15.5. The first-order valence-electron chi connectivity index (χ1n) is 9.64. The number of nitrogens with one attached hydrogen (secondary N) is 2. The molecule has 1 aliphatic heterocycles. The minimum Gasteiger partial charge on any atom is -0.435 e. The van der Waals surface area contributed by atoms with Crippen LogP contribution in [0.25, 0.3) is 0 Å². The Morgan fingerprint density at radius 3 is 2.58 bits per heavy atom. The highest BCUT2D eigenvalue weighted by molar-refractivity contribution is 6.06. The summed E-state index contributed by atoms with van der Waals surface area (Å²) in [7, 11) is 0. The summed E-state index contributed by atoms with van der Waals surface area (Å²) in [4.78, 5) is 17.5. The first kappa shape index (κ1) is 20.5. The van der Waals surface area contributed by atoms with Gasteiger partial charge in [-0.25, -0.2) is 4.68 Å². The van der Waals surface area contributed by atoms with Crippen molar-refractivity contribution in [2.45, 2.75) is 33.4 Å². The van der Waals surface area contributed by atoms with Crippen LogP contribution in [0, 0.1) is 13.8 Å². The van der Waals surface area contributed by atoms with Crippen LogP contribution in [0.3, 0.4) is 0 Å². The zero-order chi connectivity index (χ0) is 22.1. The molecule has 2 aromatic carbocycles. The number of carbonyl (C=O) groups is 1. The fraction of sp³-hybridized carbons (Fsp3) is 0.227. The van der Waals surface area contributed by atoms with Gasteiger partial charge in [-0.2, -0.15) is 18.9 Å². The summed E-state index contributed by atoms with van der Waals surface area (Å²) in [5.74, 6) is 0.225. The Kier molecular flexibility index (Phi) is 5.41. The molecule has 2 heterocycles. The molecule has 1 unspecified atom stereocenters. The number of ether oxygens (including phenoxy) is 1. The summed E-state index contributed by atoms with van der Waals surface area (Å²) in [6.45, 7) is 2.79. The maximum atomic E-state index is 13.3. The molecular weight excluding hydrogens is 404 g/mol. The Bertz CT molecular complexity index is 1150. The van der Waals surface area contributed by atoms with E-state index in [0.717, 1.165) is 11.1 Å². The Labute approximate surface area is 177 Å². The molecule has 2 N–H and O–H groups in total. The molecule has 0 bridgehead atoms. The summed E-state index contributed by atoms with van der Waals surface area (Å²) in [6.07, 6.45) is 1.39. The third kappa shape index (κ3) is 4.11. The molecule has 0 aliphatic carbocycles. The van der Waals surface area contributed by atoms with Crippen molar-refractivity contribution in [3.05, 3.63) is 76.8 Å². The molecule has 3 aromatic rings. The van der Waals surface area contributed by atoms with Gasteiger partial charge in [0.2, 0.25) is 5.95 Å². The van der Waals surface area contributed by atoms with E-state index in [-0.39, 0.29) is 11.7 Å². The van der Waals surface area contributed by atoms with Crippen molar-refractivity contribution in [1.82, 2.24) is 14.8 Å². The van der Waals surface area contributed by atoms with Crippen LogP contribution in [0.15, 0.2) is 60.1 Å². The van der Waals surface area contributed by atoms with Gasteiger partial charge >= 0.3 is 6.61 Å². The Morgan fingerprint density at radius 2 is 1.90 bits per heavy atom. The number of nitrogens with zero attached hydrogens (tertiary/aromatic N) is 3. The summed E-state index contributed by atoms with van der Waals surface area (Å²) in [5, 5.41) is 10.3. The number of aryl methyl sites for hydroxylation is 2. The number of amides is 1. The lowest BCUT2D eigenvalue weighted by Crippen LogP contribution is -2.31. The van der Waals surface area contributed by atoms with Gasteiger partial charge in [0.05, 0.1) is 5.57 Å². The van der Waals surface area contributed by atoms with Crippen molar-refractivity contribution in [2.75, 3.05) is 10.6 Å². The second-order valence-electron chi connectivity index (χ2n) is 7.31. The topological polar surface area (TPSA) is 81.1 Å². The van der Waals surface area contributed by atoms with Crippen LogP contribution < -0.4 is 15.4 Å². The van der Waals surface area contributed by atoms with Crippen LogP contribution >= 0.6 is 0 Å². The van der Waals surface area contributed by atoms with Crippen molar-refractivity contribution in [2.24, 2.45) is 0 Å². The molecule has 0 spiro atoms. The lowest BCUT2D eigenvalue weighted by Gasteiger charge is -2.29. The Morgan fingerprint density at radius 1 is 1.16 bits per heavy atom. The van der Waals surface area contributed by atoms with E-state index >= 15 is 0 Å². The van der Waals surface area contributed by atoms with Gasteiger partial charge in [-0.15, -0.1) is 0 Å². The highest BCUT2D eigenvalue weighted by Crippen LogP contribution is 2.36. The molecule has 9 heteroatoms. The molecule has 1 amide bonds. The van der Waals surface area contributed by atoms with E-state index < -0.39 is 12.7 Å². The standard InChI is InChI=1S/C22H21F2N5O2/c1-12-4-9-17(13(2)10-12)28-20(30)18-14(3)27-22-25-11-26-29(22)19(18)15-5-7-16(8-6-15)31-21(23)24/h4-11,19,21H,1-3H3,(H,28,30)(H,25,26,27). The number of benzene rings is 2. The number of aromatic nitrogens is 3. The molecule has 0 radical (unpaired) electrons. The van der Waals surface area contributed by atoms with Crippen molar-refractivity contribution < 1.29 is 18.3 Å². The van der Waals surface area contributed by atoms with E-state index in [1.807, 2.05) is 32.0 Å². The number of carbonyl (C=O) groups excluding carboxylic acids is 1. The maximum absolute atomic E-state index is 13.3. The van der Waals surface area contributed by atoms with Gasteiger partial charge in [0.15, 0.2) is 0 Å². The molecule has 7 nitrogen and oxygen atoms in total. The van der Waals surface area contributed by atoms with E-state index in [4.69, 9.17) is 0 Å². The molecule has 160 valence electrons. The van der Waals surface area contributed by atoms with E-state index in [1.54, 1.807) is 23.7 Å². The van der Waals surface area contributed by atoms with Crippen LogP contribution in [0.1, 0.15) is 29.7 Å². The first-order valence-corrected chi connectivity index (χ1v) is 9.64. The second kappa shape index (κ2) is 8.17. The average Bonchev–Trinajstić information content (AvgIpc) is 3.17. The number of anilines is 2. The molecule has 0 saturated carbocycles. The van der Waals surface area contributed by atoms with Crippen LogP contribution in [-0.2, 0) is 4.79 Å². The monoisotopic (exact) mass is 425 g/mol. The SMILES string of the molecule is CC1=C(C(=O)Nc2ccc(C)cc2C)C(c2ccc(OC(F)F)cc2)n2ncnc2N1. The molecule has 1 aromatic heterocycles. The maximum Gasteiger partial charge on any atom is 0.387 e. The smallest absolute Gasteiger partial charge is 0.387 e. The van der Waals surface area contributed by atoms with Crippen LogP contribution in [0.2, 0.25) is 0 Å². The minimum absolute atomic E-state index is 0.0356. The Balaban J connectivity index is 1.71. The van der Waals surface area contributed by atoms with Crippen LogP contribution in [0.5, 0.6) is 5.75 Å². The van der Waals surface area contributed by atoms with Crippen LogP contribution in [-0.4, -0.2) is 27.3 Å². The van der Waals surface area contributed by atoms with Crippen molar-refractivity contribution in [3.63, 3.8) is 0 Å². The number of hydrogen-bond donors (Lipinski definition) is 2. The van der Waals surface area contributed by atoms with Crippen molar-refractivity contribution in [1.29, 1.82) is 0 Å². The zero-order valence-corrected chi connectivity index (χ0v) is 17.2. The van der Waals surface area contributed by atoms with E-state index in [0.29, 0.717) is 28.5 Å². The number of rotatable bonds is 5. The van der Waals surface area contributed by atoms with Gasteiger partial charge in [-0.05, 0) is 50.1 Å². The first-order chi connectivity index (χ1) is 14.8. The average molecular weight is 425 g/mol. The Hall–Kier alpha value is -3.75. The third-order valence-corrected chi connectivity index (χ3v) is 5.09. The quantitative estimate of drug-likeness (QED) is 0.632. The van der Waals surface area contributed by atoms with Crippen molar-refractivity contribution in [3.8, 4) is 5.75 Å². The van der Waals surface area contributed by atoms with Gasteiger partial charge in [-0.1, -0.05) is 29.8 Å². The second-order valence-corrected chi connectivity index (χ2v) is 7.31. The molecule has 1 atom stereocenters. The minimum atomic E-state index is -2.91. The number of fused-ring (bicyclic) bond motifs is 1. The highest BCUT2D eigenvalue weighted by atomic mass is 19.3. The molecule has 0 fully saturated rings. The van der Waals surface area contributed by atoms with Crippen LogP contribution in [0.4, 0.5) is 20.4 Å². The lowest BCUT2D eigenvalue weighted by molar-refractivity contribution is -0.113. The van der Waals surface area contributed by atoms with Gasteiger partial charge in [-0.3, -0.25) is 4.79 Å². The van der Waals surface area contributed by atoms with Gasteiger partial charge in [0.25, 0.3) is 5.91 Å². The molecule has 4 rings (SSSR count). The van der Waals surface area contributed by atoms with Gasteiger partial charge in [0, 0.05) is 11.4 Å². The van der Waals surface area contributed by atoms with E-state index in [2.05, 4.69) is 25.5 Å². The number of allylic oxidation sites excluding steroid dienone is 1.